The van der Waals surface area contributed by atoms with Gasteiger partial charge in [-0.2, -0.15) is 15.0 Å². The molecule has 1 heterocycles. The number of nitrogens with zero attached hydrogens (tertiary/aromatic N) is 4. The van der Waals surface area contributed by atoms with Gasteiger partial charge in [-0.3, -0.25) is 0 Å². The van der Waals surface area contributed by atoms with Crippen LogP contribution in [-0.2, 0) is 0 Å². The number of hydrogen-bond donors (Lipinski definition) is 0. The first kappa shape index (κ1) is 14.1. The van der Waals surface area contributed by atoms with Crippen LogP contribution in [-0.4, -0.2) is 28.0 Å². The van der Waals surface area contributed by atoms with Gasteiger partial charge in [0.15, 0.2) is 5.16 Å². The summed E-state index contributed by atoms with van der Waals surface area (Å²) < 4.78 is 0. The third-order valence-electron chi connectivity index (χ3n) is 2.57. The first-order valence-corrected chi connectivity index (χ1v) is 7.31. The topological polar surface area (TPSA) is 41.9 Å². The Kier molecular flexibility index (Phi) is 4.99. The van der Waals surface area contributed by atoms with Crippen LogP contribution >= 0.6 is 23.4 Å². The zero-order chi connectivity index (χ0) is 13.7. The van der Waals surface area contributed by atoms with Crippen molar-refractivity contribution >= 4 is 29.3 Å². The molecule has 2 rings (SSSR count). The molecular weight excluding hydrogens is 280 g/mol. The van der Waals surface area contributed by atoms with Crippen molar-refractivity contribution < 1.29 is 0 Å². The predicted molar refractivity (Wildman–Crippen MR) is 79.0 cm³/mol. The lowest BCUT2D eigenvalue weighted by Crippen LogP contribution is -2.24. The van der Waals surface area contributed by atoms with Crippen molar-refractivity contribution in [1.82, 2.24) is 15.0 Å². The first-order valence-electron chi connectivity index (χ1n) is 6.12. The molecule has 0 saturated heterocycles. The molecule has 19 heavy (non-hydrogen) atoms. The Morgan fingerprint density at radius 1 is 1.05 bits per heavy atom. The minimum absolute atomic E-state index is 0.232. The van der Waals surface area contributed by atoms with Crippen LogP contribution in [0.5, 0.6) is 0 Å². The van der Waals surface area contributed by atoms with E-state index in [0.717, 1.165) is 18.0 Å². The van der Waals surface area contributed by atoms with Gasteiger partial charge >= 0.3 is 0 Å². The molecule has 2 aromatic rings. The molecule has 0 radical (unpaired) electrons. The fraction of sp³-hybridized carbons (Fsp3) is 0.308. The van der Waals surface area contributed by atoms with E-state index in [1.54, 1.807) is 0 Å². The third-order valence-corrected chi connectivity index (χ3v) is 3.62. The Morgan fingerprint density at radius 3 is 2.37 bits per heavy atom. The van der Waals surface area contributed by atoms with Crippen LogP contribution in [0.25, 0.3) is 0 Å². The summed E-state index contributed by atoms with van der Waals surface area (Å²) >= 11 is 7.45. The predicted octanol–water partition coefficient (Wildman–Crippen LogP) is 3.52. The van der Waals surface area contributed by atoms with E-state index < -0.39 is 0 Å². The molecule has 100 valence electrons. The lowest BCUT2D eigenvalue weighted by atomic mass is 10.4. The standard InChI is InChI=1S/C13H15ClN4S/c1-3-18(4-2)12-15-11(14)16-13(17-12)19-10-8-6-5-7-9-10/h5-9H,3-4H2,1-2H3. The summed E-state index contributed by atoms with van der Waals surface area (Å²) in [6.07, 6.45) is 0. The maximum atomic E-state index is 5.97. The van der Waals surface area contributed by atoms with Gasteiger partial charge in [-0.15, -0.1) is 0 Å². The number of hydrogen-bond acceptors (Lipinski definition) is 5. The summed E-state index contributed by atoms with van der Waals surface area (Å²) in [6, 6.07) is 9.97. The smallest absolute Gasteiger partial charge is 0.230 e. The molecule has 0 aliphatic rings. The Balaban J connectivity index is 2.26. The number of anilines is 1. The zero-order valence-electron chi connectivity index (χ0n) is 10.9. The molecule has 0 spiro atoms. The Labute approximate surface area is 122 Å². The van der Waals surface area contributed by atoms with Gasteiger partial charge in [0, 0.05) is 18.0 Å². The van der Waals surface area contributed by atoms with Crippen LogP contribution in [0.15, 0.2) is 40.4 Å². The molecule has 0 N–H and O–H groups in total. The molecule has 0 bridgehead atoms. The van der Waals surface area contributed by atoms with Crippen LogP contribution in [0.4, 0.5) is 5.95 Å². The van der Waals surface area contributed by atoms with Gasteiger partial charge in [-0.25, -0.2) is 0 Å². The van der Waals surface area contributed by atoms with Crippen molar-refractivity contribution in [3.05, 3.63) is 35.6 Å². The molecule has 0 amide bonds. The lowest BCUT2D eigenvalue weighted by Gasteiger charge is -2.18. The second-order valence-electron chi connectivity index (χ2n) is 3.77. The third kappa shape index (κ3) is 3.81. The van der Waals surface area contributed by atoms with E-state index in [1.807, 2.05) is 35.2 Å². The van der Waals surface area contributed by atoms with Crippen LogP contribution in [0.2, 0.25) is 5.28 Å². The second-order valence-corrected chi connectivity index (χ2v) is 5.15. The highest BCUT2D eigenvalue weighted by molar-refractivity contribution is 7.99. The SMILES string of the molecule is CCN(CC)c1nc(Cl)nc(Sc2ccccc2)n1. The lowest BCUT2D eigenvalue weighted by molar-refractivity contribution is 0.782. The minimum atomic E-state index is 0.232. The van der Waals surface area contributed by atoms with Crippen LogP contribution < -0.4 is 4.90 Å². The molecule has 0 fully saturated rings. The van der Waals surface area contributed by atoms with E-state index in [2.05, 4.69) is 28.8 Å². The molecular formula is C13H15ClN4S. The molecule has 4 nitrogen and oxygen atoms in total. The molecule has 0 saturated carbocycles. The quantitative estimate of drug-likeness (QED) is 0.844. The van der Waals surface area contributed by atoms with Gasteiger partial charge in [0.1, 0.15) is 0 Å². The fourth-order valence-corrected chi connectivity index (χ4v) is 2.58. The Hall–Kier alpha value is -1.33. The molecule has 1 aromatic heterocycles. The summed E-state index contributed by atoms with van der Waals surface area (Å²) in [5, 5.41) is 0.850. The molecule has 0 aliphatic carbocycles. The van der Waals surface area contributed by atoms with Crippen molar-refractivity contribution in [1.29, 1.82) is 0 Å². The second kappa shape index (κ2) is 6.73. The monoisotopic (exact) mass is 294 g/mol. The maximum Gasteiger partial charge on any atom is 0.230 e. The highest BCUT2D eigenvalue weighted by Crippen LogP contribution is 2.26. The number of aromatic nitrogens is 3. The van der Waals surface area contributed by atoms with Crippen molar-refractivity contribution in [3.8, 4) is 0 Å². The average molecular weight is 295 g/mol. The molecule has 0 aliphatic heterocycles. The van der Waals surface area contributed by atoms with Crippen molar-refractivity contribution in [3.63, 3.8) is 0 Å². The summed E-state index contributed by atoms with van der Waals surface area (Å²) in [5.74, 6) is 0.628. The number of rotatable bonds is 5. The summed E-state index contributed by atoms with van der Waals surface area (Å²) in [4.78, 5) is 15.9. The maximum absolute atomic E-state index is 5.97. The Bertz CT molecular complexity index is 531. The average Bonchev–Trinajstić information content (AvgIpc) is 2.40. The van der Waals surface area contributed by atoms with Gasteiger partial charge in [-0.05, 0) is 49.3 Å². The zero-order valence-corrected chi connectivity index (χ0v) is 12.4. The number of halogens is 1. The van der Waals surface area contributed by atoms with Gasteiger partial charge in [0.2, 0.25) is 11.2 Å². The van der Waals surface area contributed by atoms with Crippen LogP contribution in [0.1, 0.15) is 13.8 Å². The van der Waals surface area contributed by atoms with E-state index in [1.165, 1.54) is 11.8 Å². The largest absolute Gasteiger partial charge is 0.341 e. The normalized spacial score (nSPS) is 10.5. The molecule has 0 unspecified atom stereocenters. The van der Waals surface area contributed by atoms with E-state index in [0.29, 0.717) is 11.1 Å². The van der Waals surface area contributed by atoms with Gasteiger partial charge in [0.05, 0.1) is 0 Å². The molecule has 1 aromatic carbocycles. The highest BCUT2D eigenvalue weighted by Gasteiger charge is 2.10. The fourth-order valence-electron chi connectivity index (χ4n) is 1.61. The van der Waals surface area contributed by atoms with Crippen LogP contribution in [0.3, 0.4) is 0 Å². The van der Waals surface area contributed by atoms with E-state index in [9.17, 15) is 0 Å². The van der Waals surface area contributed by atoms with E-state index >= 15 is 0 Å². The molecule has 6 heteroatoms. The van der Waals surface area contributed by atoms with Crippen LogP contribution in [0, 0.1) is 0 Å². The van der Waals surface area contributed by atoms with Crippen molar-refractivity contribution in [2.75, 3.05) is 18.0 Å². The summed E-state index contributed by atoms with van der Waals surface area (Å²) in [7, 11) is 0. The Morgan fingerprint density at radius 2 is 1.74 bits per heavy atom. The minimum Gasteiger partial charge on any atom is -0.341 e. The van der Waals surface area contributed by atoms with E-state index in [-0.39, 0.29) is 5.28 Å². The summed E-state index contributed by atoms with van der Waals surface area (Å²) in [6.45, 7) is 5.80. The first-order chi connectivity index (χ1) is 9.22. The van der Waals surface area contributed by atoms with Gasteiger partial charge in [0.25, 0.3) is 0 Å². The van der Waals surface area contributed by atoms with E-state index in [4.69, 9.17) is 11.6 Å². The summed E-state index contributed by atoms with van der Waals surface area (Å²) in [5.41, 5.74) is 0. The van der Waals surface area contributed by atoms with Crippen molar-refractivity contribution in [2.24, 2.45) is 0 Å². The highest BCUT2D eigenvalue weighted by atomic mass is 35.5. The van der Waals surface area contributed by atoms with Crippen molar-refractivity contribution in [2.45, 2.75) is 23.9 Å². The number of benzene rings is 1. The van der Waals surface area contributed by atoms with Gasteiger partial charge < -0.3 is 4.90 Å². The molecule has 0 atom stereocenters. The van der Waals surface area contributed by atoms with Gasteiger partial charge in [-0.1, -0.05) is 18.2 Å².